The van der Waals surface area contributed by atoms with Crippen LogP contribution in [0.3, 0.4) is 0 Å². The molecule has 1 amide bonds. The molecule has 0 spiro atoms. The molecule has 4 rings (SSSR count). The highest BCUT2D eigenvalue weighted by Gasteiger charge is 2.41. The maximum atomic E-state index is 13.0. The fraction of sp³-hybridized carbons (Fsp3) is 0.421. The molecule has 0 aliphatic carbocycles. The molecule has 0 radical (unpaired) electrons. The summed E-state index contributed by atoms with van der Waals surface area (Å²) in [4.78, 5) is 26.1. The van der Waals surface area contributed by atoms with Crippen molar-refractivity contribution in [3.05, 3.63) is 40.5 Å². The van der Waals surface area contributed by atoms with Crippen LogP contribution in [0.25, 0.3) is 0 Å². The predicted molar refractivity (Wildman–Crippen MR) is 108 cm³/mol. The van der Waals surface area contributed by atoms with E-state index in [4.69, 9.17) is 16.6 Å². The van der Waals surface area contributed by atoms with Gasteiger partial charge in [0.2, 0.25) is 11.9 Å². The van der Waals surface area contributed by atoms with Gasteiger partial charge in [-0.1, -0.05) is 37.6 Å². The van der Waals surface area contributed by atoms with Gasteiger partial charge in [0.15, 0.2) is 11.5 Å². The van der Waals surface area contributed by atoms with E-state index in [1.807, 2.05) is 40.8 Å². The summed E-state index contributed by atoms with van der Waals surface area (Å²) in [5.74, 6) is 2.47. The number of imidazole rings is 1. The summed E-state index contributed by atoms with van der Waals surface area (Å²) in [6.07, 6.45) is 0. The molecule has 0 unspecified atom stereocenters. The Morgan fingerprint density at radius 1 is 1.26 bits per heavy atom. The third-order valence-corrected chi connectivity index (χ3v) is 5.01. The molecule has 2 aliphatic heterocycles. The maximum absolute atomic E-state index is 13.0. The largest absolute Gasteiger partial charge is 0.355 e. The minimum atomic E-state index is -0.0406. The molecule has 8 heteroatoms. The van der Waals surface area contributed by atoms with E-state index in [1.165, 1.54) is 0 Å². The summed E-state index contributed by atoms with van der Waals surface area (Å²) < 4.78 is 1.85. The summed E-state index contributed by atoms with van der Waals surface area (Å²) in [5.41, 5.74) is 1.67. The number of fused-ring (bicyclic) bond motifs is 2. The lowest BCUT2D eigenvalue weighted by atomic mass is 10.2. The van der Waals surface area contributed by atoms with Gasteiger partial charge in [-0.3, -0.25) is 19.6 Å². The molecule has 0 fully saturated rings. The van der Waals surface area contributed by atoms with Crippen LogP contribution in [-0.4, -0.2) is 46.0 Å². The molecule has 2 aliphatic rings. The van der Waals surface area contributed by atoms with E-state index in [-0.39, 0.29) is 5.91 Å². The van der Waals surface area contributed by atoms with E-state index in [1.54, 1.807) is 4.90 Å². The van der Waals surface area contributed by atoms with E-state index < -0.39 is 0 Å². The average Bonchev–Trinajstić information content (AvgIpc) is 3.24. The fourth-order valence-corrected chi connectivity index (χ4v) is 3.49. The second-order valence-electron chi connectivity index (χ2n) is 7.29. The lowest BCUT2D eigenvalue weighted by Crippen LogP contribution is -2.50. The van der Waals surface area contributed by atoms with Gasteiger partial charge >= 0.3 is 0 Å². The Morgan fingerprint density at radius 2 is 2.00 bits per heavy atom. The number of benzene rings is 1. The first-order valence-corrected chi connectivity index (χ1v) is 9.52. The van der Waals surface area contributed by atoms with Crippen molar-refractivity contribution in [3.63, 3.8) is 0 Å². The minimum Gasteiger partial charge on any atom is -0.355 e. The van der Waals surface area contributed by atoms with Gasteiger partial charge in [0.05, 0.1) is 13.1 Å². The number of carbonyl (C=O) groups is 1. The number of rotatable bonds is 5. The number of amides is 1. The van der Waals surface area contributed by atoms with Crippen LogP contribution in [-0.2, 0) is 13.6 Å². The van der Waals surface area contributed by atoms with Gasteiger partial charge in [-0.15, -0.1) is 0 Å². The van der Waals surface area contributed by atoms with Crippen molar-refractivity contribution in [3.8, 4) is 0 Å². The van der Waals surface area contributed by atoms with Gasteiger partial charge in [-0.05, 0) is 23.6 Å². The van der Waals surface area contributed by atoms with Crippen molar-refractivity contribution in [1.82, 2.24) is 14.5 Å². The lowest BCUT2D eigenvalue weighted by molar-refractivity contribution is 0.0842. The van der Waals surface area contributed by atoms with E-state index in [0.29, 0.717) is 54.0 Å². The normalized spacial score (nSPS) is 15.9. The van der Waals surface area contributed by atoms with Crippen LogP contribution in [0.1, 0.15) is 29.9 Å². The molecule has 0 saturated carbocycles. The molecule has 0 saturated heterocycles. The van der Waals surface area contributed by atoms with Crippen molar-refractivity contribution in [2.75, 3.05) is 29.9 Å². The second kappa shape index (κ2) is 6.88. The van der Waals surface area contributed by atoms with Crippen LogP contribution in [0.5, 0.6) is 0 Å². The highest BCUT2D eigenvalue weighted by molar-refractivity contribution is 6.30. The number of aromatic nitrogens is 2. The summed E-state index contributed by atoms with van der Waals surface area (Å²) in [5, 5.41) is 4.04. The van der Waals surface area contributed by atoms with E-state index >= 15 is 0 Å². The quantitative estimate of drug-likeness (QED) is 0.857. The van der Waals surface area contributed by atoms with Crippen molar-refractivity contribution < 1.29 is 4.79 Å². The van der Waals surface area contributed by atoms with Crippen LogP contribution >= 0.6 is 11.6 Å². The molecule has 0 atom stereocenters. The summed E-state index contributed by atoms with van der Waals surface area (Å²) in [6.45, 7) is 6.86. The third kappa shape index (κ3) is 3.16. The van der Waals surface area contributed by atoms with Gasteiger partial charge in [0.1, 0.15) is 0 Å². The van der Waals surface area contributed by atoms with Gasteiger partial charge in [-0.25, -0.2) is 0 Å². The monoisotopic (exact) mass is 386 g/mol. The Bertz CT molecular complexity index is 902. The number of nitrogens with zero attached hydrogens (tertiary/aromatic N) is 5. The van der Waals surface area contributed by atoms with Crippen molar-refractivity contribution in [2.45, 2.75) is 20.4 Å². The van der Waals surface area contributed by atoms with Gasteiger partial charge in [0.25, 0.3) is 5.91 Å². The Morgan fingerprint density at radius 3 is 2.70 bits per heavy atom. The van der Waals surface area contributed by atoms with E-state index in [2.05, 4.69) is 24.2 Å². The Hall–Kier alpha value is -2.54. The van der Waals surface area contributed by atoms with Crippen LogP contribution < -0.4 is 10.2 Å². The average molecular weight is 387 g/mol. The number of halogens is 1. The fourth-order valence-electron chi connectivity index (χ4n) is 3.36. The lowest BCUT2D eigenvalue weighted by Gasteiger charge is -2.33. The predicted octanol–water partition coefficient (Wildman–Crippen LogP) is 2.97. The number of aliphatic imine (C=N–C) groups is 1. The summed E-state index contributed by atoms with van der Waals surface area (Å²) in [7, 11) is 1.88. The smallest absolute Gasteiger partial charge is 0.281 e. The Labute approximate surface area is 163 Å². The van der Waals surface area contributed by atoms with Gasteiger partial charge in [0, 0.05) is 25.2 Å². The molecular formula is C19H23ClN6O. The van der Waals surface area contributed by atoms with Gasteiger partial charge < -0.3 is 9.88 Å². The maximum Gasteiger partial charge on any atom is 0.281 e. The van der Waals surface area contributed by atoms with Crippen LogP contribution in [0, 0.1) is 5.92 Å². The zero-order valence-electron chi connectivity index (χ0n) is 15.7. The highest BCUT2D eigenvalue weighted by atomic mass is 35.5. The van der Waals surface area contributed by atoms with Crippen LogP contribution in [0.15, 0.2) is 29.3 Å². The third-order valence-electron chi connectivity index (χ3n) is 4.76. The van der Waals surface area contributed by atoms with Crippen molar-refractivity contribution in [2.24, 2.45) is 18.0 Å². The molecule has 2 aromatic rings. The zero-order chi connectivity index (χ0) is 19.1. The number of carbonyl (C=O) groups excluding carboxylic acids is 1. The molecular weight excluding hydrogens is 364 g/mol. The van der Waals surface area contributed by atoms with Crippen LogP contribution in [0.2, 0.25) is 5.02 Å². The van der Waals surface area contributed by atoms with Crippen molar-refractivity contribution >= 4 is 35.2 Å². The first-order chi connectivity index (χ1) is 13.0. The molecule has 142 valence electrons. The van der Waals surface area contributed by atoms with Crippen molar-refractivity contribution in [1.29, 1.82) is 0 Å². The van der Waals surface area contributed by atoms with Gasteiger partial charge in [-0.2, -0.15) is 4.98 Å². The molecule has 1 aromatic carbocycles. The topological polar surface area (TPSA) is 65.8 Å². The minimum absolute atomic E-state index is 0.0406. The second-order valence-corrected chi connectivity index (χ2v) is 7.73. The van der Waals surface area contributed by atoms with E-state index in [9.17, 15) is 4.79 Å². The van der Waals surface area contributed by atoms with E-state index in [0.717, 1.165) is 12.1 Å². The molecule has 27 heavy (non-hydrogen) atoms. The number of guanidine groups is 1. The first-order valence-electron chi connectivity index (χ1n) is 9.14. The van der Waals surface area contributed by atoms with Crippen LogP contribution in [0.4, 0.5) is 11.8 Å². The number of hydrogen-bond donors (Lipinski definition) is 1. The molecule has 0 bridgehead atoms. The number of hydrogen-bond acceptors (Lipinski definition) is 5. The Balaban J connectivity index is 1.74. The molecule has 3 heterocycles. The molecule has 1 N–H and O–H groups in total. The number of nitrogens with one attached hydrogen (secondary N) is 1. The molecule has 1 aromatic heterocycles. The summed E-state index contributed by atoms with van der Waals surface area (Å²) in [6, 6.07) is 7.71. The molecule has 7 nitrogen and oxygen atoms in total. The highest BCUT2D eigenvalue weighted by Crippen LogP contribution is 2.33. The standard InChI is InChI=1S/C19H23ClN6O/c1-12(2)10-22-18-23-16-15(24(18)3)17(27)25-9-8-21-19(25)26(16)11-13-4-6-14(20)7-5-13/h4-7,12H,8-11H2,1-3H3,(H,22,23). The number of anilines is 2. The zero-order valence-corrected chi connectivity index (χ0v) is 16.5. The SMILES string of the molecule is CC(C)CNc1nc2c(n1C)C(=O)N1CCN=C1N2Cc1ccc(Cl)cc1. The Kier molecular flexibility index (Phi) is 4.55. The first kappa shape index (κ1) is 17.9. The summed E-state index contributed by atoms with van der Waals surface area (Å²) >= 11 is 6.01.